The fourth-order valence-corrected chi connectivity index (χ4v) is 2.61. The number of para-hydroxylation sites is 1. The molecule has 1 saturated carbocycles. The van der Waals surface area contributed by atoms with E-state index >= 15 is 0 Å². The molecule has 4 heteroatoms. The number of nitrogens with zero attached hydrogens (tertiary/aromatic N) is 1. The molecule has 0 bridgehead atoms. The van der Waals surface area contributed by atoms with Crippen molar-refractivity contribution in [3.05, 3.63) is 30.0 Å². The molecule has 1 fully saturated rings. The number of ether oxygens (including phenoxy) is 1. The van der Waals surface area contributed by atoms with Crippen LogP contribution in [-0.4, -0.2) is 12.3 Å². The maximum atomic E-state index is 5.97. The maximum Gasteiger partial charge on any atom is 0.230 e. The van der Waals surface area contributed by atoms with Crippen molar-refractivity contribution in [3.8, 4) is 16.9 Å². The third-order valence-electron chi connectivity index (χ3n) is 3.96. The van der Waals surface area contributed by atoms with Crippen molar-refractivity contribution < 1.29 is 9.26 Å². The molecule has 0 radical (unpaired) electrons. The van der Waals surface area contributed by atoms with E-state index in [4.69, 9.17) is 15.0 Å². The van der Waals surface area contributed by atoms with Crippen LogP contribution < -0.4 is 10.5 Å². The summed E-state index contributed by atoms with van der Waals surface area (Å²) in [6.45, 7) is 4.46. The summed E-state index contributed by atoms with van der Waals surface area (Å²) >= 11 is 0. The average Bonchev–Trinajstić information content (AvgIpc) is 2.86. The first-order chi connectivity index (χ1) is 9.04. The Morgan fingerprint density at radius 1 is 1.37 bits per heavy atom. The minimum absolute atomic E-state index is 0.278. The Labute approximate surface area is 112 Å². The summed E-state index contributed by atoms with van der Waals surface area (Å²) in [4.78, 5) is 0. The van der Waals surface area contributed by atoms with Gasteiger partial charge in [0.2, 0.25) is 5.88 Å². The smallest absolute Gasteiger partial charge is 0.230 e. The zero-order chi connectivity index (χ0) is 13.6. The molecule has 1 aromatic carbocycles. The fourth-order valence-electron chi connectivity index (χ4n) is 2.61. The first-order valence-electron chi connectivity index (χ1n) is 6.43. The van der Waals surface area contributed by atoms with Crippen LogP contribution in [0.25, 0.3) is 11.1 Å². The highest BCUT2D eigenvalue weighted by molar-refractivity contribution is 5.80. The molecule has 1 aromatic heterocycles. The van der Waals surface area contributed by atoms with Gasteiger partial charge >= 0.3 is 0 Å². The van der Waals surface area contributed by atoms with Gasteiger partial charge < -0.3 is 15.0 Å². The molecule has 1 heterocycles. The standard InChI is InChI=1S/C15H18N2O2/c1-15(2)8-10(15)13-12(14(16)19-17-13)9-6-4-5-7-11(9)18-3/h4-7,10H,8,16H2,1-3H3. The van der Waals surface area contributed by atoms with Gasteiger partial charge in [-0.1, -0.05) is 37.2 Å². The number of nitrogen functional groups attached to an aromatic ring is 1. The zero-order valence-corrected chi connectivity index (χ0v) is 11.4. The van der Waals surface area contributed by atoms with E-state index in [2.05, 4.69) is 19.0 Å². The number of anilines is 1. The van der Waals surface area contributed by atoms with Crippen LogP contribution in [0.15, 0.2) is 28.8 Å². The molecule has 0 amide bonds. The number of aromatic nitrogens is 1. The van der Waals surface area contributed by atoms with Crippen molar-refractivity contribution in [2.45, 2.75) is 26.2 Å². The third-order valence-corrected chi connectivity index (χ3v) is 3.96. The second-order valence-corrected chi connectivity index (χ2v) is 5.75. The van der Waals surface area contributed by atoms with E-state index < -0.39 is 0 Å². The minimum atomic E-state index is 0.278. The minimum Gasteiger partial charge on any atom is -0.496 e. The van der Waals surface area contributed by atoms with Gasteiger partial charge in [-0.3, -0.25) is 0 Å². The lowest BCUT2D eigenvalue weighted by Crippen LogP contribution is -1.96. The van der Waals surface area contributed by atoms with Gasteiger partial charge in [-0.2, -0.15) is 0 Å². The largest absolute Gasteiger partial charge is 0.496 e. The van der Waals surface area contributed by atoms with Gasteiger partial charge in [0, 0.05) is 11.5 Å². The topological polar surface area (TPSA) is 61.3 Å². The van der Waals surface area contributed by atoms with Crippen LogP contribution in [0.5, 0.6) is 5.75 Å². The number of methoxy groups -OCH3 is 1. The van der Waals surface area contributed by atoms with Gasteiger partial charge in [0.1, 0.15) is 5.75 Å². The summed E-state index contributed by atoms with van der Waals surface area (Å²) in [5.41, 5.74) is 9.02. The Morgan fingerprint density at radius 2 is 2.05 bits per heavy atom. The van der Waals surface area contributed by atoms with Crippen LogP contribution in [0.4, 0.5) is 5.88 Å². The van der Waals surface area contributed by atoms with Crippen LogP contribution in [0.3, 0.4) is 0 Å². The van der Waals surface area contributed by atoms with Crippen molar-refractivity contribution in [2.75, 3.05) is 12.8 Å². The van der Waals surface area contributed by atoms with Crippen LogP contribution >= 0.6 is 0 Å². The van der Waals surface area contributed by atoms with Crippen LogP contribution in [0.1, 0.15) is 31.9 Å². The van der Waals surface area contributed by atoms with Gasteiger partial charge in [0.05, 0.1) is 18.4 Å². The second kappa shape index (κ2) is 4.02. The molecule has 4 nitrogen and oxygen atoms in total. The van der Waals surface area contributed by atoms with E-state index in [1.165, 1.54) is 0 Å². The molecule has 19 heavy (non-hydrogen) atoms. The van der Waals surface area contributed by atoms with Gasteiger partial charge in [0.15, 0.2) is 0 Å². The summed E-state index contributed by atoms with van der Waals surface area (Å²) in [5, 5.41) is 4.17. The lowest BCUT2D eigenvalue weighted by Gasteiger charge is -2.09. The van der Waals surface area contributed by atoms with Crippen LogP contribution in [0, 0.1) is 5.41 Å². The number of nitrogens with two attached hydrogens (primary N) is 1. The number of benzene rings is 1. The first-order valence-corrected chi connectivity index (χ1v) is 6.43. The lowest BCUT2D eigenvalue weighted by atomic mass is 9.99. The predicted molar refractivity (Wildman–Crippen MR) is 74.0 cm³/mol. The molecule has 1 atom stereocenters. The summed E-state index contributed by atoms with van der Waals surface area (Å²) in [6.07, 6.45) is 1.11. The van der Waals surface area contributed by atoms with Crippen molar-refractivity contribution in [1.29, 1.82) is 0 Å². The number of hydrogen-bond acceptors (Lipinski definition) is 4. The summed E-state index contributed by atoms with van der Waals surface area (Å²) in [7, 11) is 1.66. The van der Waals surface area contributed by atoms with Gasteiger partial charge in [-0.15, -0.1) is 0 Å². The molecule has 100 valence electrons. The van der Waals surface area contributed by atoms with Gasteiger partial charge in [-0.25, -0.2) is 0 Å². The van der Waals surface area contributed by atoms with Crippen molar-refractivity contribution >= 4 is 5.88 Å². The molecule has 3 rings (SSSR count). The SMILES string of the molecule is COc1ccccc1-c1c(C2CC2(C)C)noc1N. The van der Waals surface area contributed by atoms with Crippen molar-refractivity contribution in [2.24, 2.45) is 5.41 Å². The zero-order valence-electron chi connectivity index (χ0n) is 11.4. The van der Waals surface area contributed by atoms with E-state index in [0.29, 0.717) is 11.8 Å². The lowest BCUT2D eigenvalue weighted by molar-refractivity contribution is 0.416. The Morgan fingerprint density at radius 3 is 2.68 bits per heavy atom. The van der Waals surface area contributed by atoms with E-state index in [1.807, 2.05) is 24.3 Å². The van der Waals surface area contributed by atoms with E-state index in [1.54, 1.807) is 7.11 Å². The number of rotatable bonds is 3. The van der Waals surface area contributed by atoms with Gasteiger partial charge in [0.25, 0.3) is 0 Å². The number of hydrogen-bond donors (Lipinski definition) is 1. The van der Waals surface area contributed by atoms with Crippen molar-refractivity contribution in [3.63, 3.8) is 0 Å². The summed E-state index contributed by atoms with van der Waals surface area (Å²) in [6, 6.07) is 7.81. The van der Waals surface area contributed by atoms with Gasteiger partial charge in [-0.05, 0) is 17.9 Å². The Balaban J connectivity index is 2.13. The predicted octanol–water partition coefficient (Wildman–Crippen LogP) is 3.45. The van der Waals surface area contributed by atoms with E-state index in [0.717, 1.165) is 29.0 Å². The average molecular weight is 258 g/mol. The van der Waals surface area contributed by atoms with Crippen LogP contribution in [-0.2, 0) is 0 Å². The fraction of sp³-hybridized carbons (Fsp3) is 0.400. The molecular weight excluding hydrogens is 240 g/mol. The molecular formula is C15H18N2O2. The Kier molecular flexibility index (Phi) is 2.55. The molecule has 0 saturated heterocycles. The quantitative estimate of drug-likeness (QED) is 0.916. The van der Waals surface area contributed by atoms with E-state index in [9.17, 15) is 0 Å². The molecule has 1 aliphatic rings. The highest BCUT2D eigenvalue weighted by atomic mass is 16.5. The maximum absolute atomic E-state index is 5.97. The van der Waals surface area contributed by atoms with Crippen molar-refractivity contribution in [1.82, 2.24) is 5.16 Å². The molecule has 2 N–H and O–H groups in total. The summed E-state index contributed by atoms with van der Waals surface area (Å²) in [5.74, 6) is 1.56. The normalized spacial score (nSPS) is 20.3. The Bertz CT molecular complexity index is 616. The first kappa shape index (κ1) is 12.1. The molecule has 0 spiro atoms. The van der Waals surface area contributed by atoms with Crippen LogP contribution in [0.2, 0.25) is 0 Å². The second-order valence-electron chi connectivity index (χ2n) is 5.75. The Hall–Kier alpha value is -1.97. The highest BCUT2D eigenvalue weighted by Crippen LogP contribution is 2.60. The summed E-state index contributed by atoms with van der Waals surface area (Å²) < 4.78 is 10.6. The van der Waals surface area contributed by atoms with E-state index in [-0.39, 0.29) is 5.41 Å². The monoisotopic (exact) mass is 258 g/mol. The molecule has 2 aromatic rings. The molecule has 0 aliphatic heterocycles. The highest BCUT2D eigenvalue weighted by Gasteiger charge is 2.50. The third kappa shape index (κ3) is 1.87. The molecule has 1 aliphatic carbocycles. The molecule has 1 unspecified atom stereocenters.